The average Bonchev–Trinajstić information content (AvgIpc) is 2.36. The molecule has 0 fully saturated rings. The molecular formula is C13H19NO4. The van der Waals surface area contributed by atoms with Gasteiger partial charge in [0.25, 0.3) is 0 Å². The van der Waals surface area contributed by atoms with Gasteiger partial charge in [0.1, 0.15) is 0 Å². The lowest BCUT2D eigenvalue weighted by atomic mass is 10.1. The smallest absolute Gasteiger partial charge is 0.327 e. The van der Waals surface area contributed by atoms with E-state index in [0.717, 1.165) is 11.1 Å². The first-order valence-electron chi connectivity index (χ1n) is 5.83. The van der Waals surface area contributed by atoms with Gasteiger partial charge < -0.3 is 15.1 Å². The summed E-state index contributed by atoms with van der Waals surface area (Å²) in [6.45, 7) is 3.40. The lowest BCUT2D eigenvalue weighted by Crippen LogP contribution is -2.27. The monoisotopic (exact) mass is 253 g/mol. The molecule has 0 aliphatic rings. The Bertz CT molecular complexity index is 377. The van der Waals surface area contributed by atoms with Gasteiger partial charge >= 0.3 is 5.97 Å². The van der Waals surface area contributed by atoms with Crippen LogP contribution in [0.15, 0.2) is 24.3 Å². The molecular weight excluding hydrogens is 234 g/mol. The maximum atomic E-state index is 11.2. The molecule has 3 N–H and O–H groups in total. The summed E-state index contributed by atoms with van der Waals surface area (Å²) >= 11 is 0. The molecule has 5 nitrogen and oxygen atoms in total. The summed E-state index contributed by atoms with van der Waals surface area (Å²) in [6.07, 6.45) is -1.31. The van der Waals surface area contributed by atoms with Crippen molar-refractivity contribution in [2.75, 3.05) is 6.61 Å². The predicted molar refractivity (Wildman–Crippen MR) is 66.5 cm³/mol. The Hall–Kier alpha value is -1.43. The van der Waals surface area contributed by atoms with E-state index < -0.39 is 18.7 Å². The molecule has 0 aromatic heterocycles. The van der Waals surface area contributed by atoms with E-state index in [4.69, 9.17) is 15.1 Å². The topological polar surface area (TPSA) is 78.8 Å². The molecule has 100 valence electrons. The number of benzene rings is 1. The van der Waals surface area contributed by atoms with Gasteiger partial charge in [-0.25, -0.2) is 0 Å². The number of hydrogen-bond acceptors (Lipinski definition) is 5. The van der Waals surface area contributed by atoms with Crippen molar-refractivity contribution < 1.29 is 19.8 Å². The third kappa shape index (κ3) is 4.83. The minimum absolute atomic E-state index is 0.138. The Morgan fingerprint density at radius 3 is 2.56 bits per heavy atom. The number of hydroxylamine groups is 1. The van der Waals surface area contributed by atoms with E-state index in [1.54, 1.807) is 0 Å². The highest BCUT2D eigenvalue weighted by molar-refractivity contribution is 5.69. The van der Waals surface area contributed by atoms with Crippen LogP contribution in [-0.4, -0.2) is 28.9 Å². The molecule has 0 bridgehead atoms. The van der Waals surface area contributed by atoms with Crippen molar-refractivity contribution >= 4 is 5.97 Å². The lowest BCUT2D eigenvalue weighted by molar-refractivity contribution is -0.155. The van der Waals surface area contributed by atoms with Gasteiger partial charge in [-0.1, -0.05) is 29.8 Å². The number of aliphatic hydroxyl groups excluding tert-OH is 2. The Labute approximate surface area is 106 Å². The van der Waals surface area contributed by atoms with E-state index in [1.165, 1.54) is 0 Å². The molecule has 0 saturated heterocycles. The molecule has 0 heterocycles. The lowest BCUT2D eigenvalue weighted by Gasteiger charge is -2.14. The first-order chi connectivity index (χ1) is 8.52. The van der Waals surface area contributed by atoms with Crippen LogP contribution < -0.4 is 5.48 Å². The zero-order chi connectivity index (χ0) is 13.5. The molecule has 0 aliphatic heterocycles. The quantitative estimate of drug-likeness (QED) is 0.655. The van der Waals surface area contributed by atoms with Crippen LogP contribution in [0.25, 0.3) is 0 Å². The molecule has 5 heteroatoms. The molecule has 0 aliphatic carbocycles. The number of carbonyl (C=O) groups excluding carboxylic acids is 1. The summed E-state index contributed by atoms with van der Waals surface area (Å²) in [5.41, 5.74) is 4.76. The van der Waals surface area contributed by atoms with E-state index >= 15 is 0 Å². The Kier molecular flexibility index (Phi) is 5.77. The Balaban J connectivity index is 2.39. The third-order valence-electron chi connectivity index (χ3n) is 2.54. The molecule has 0 radical (unpaired) electrons. The SMILES string of the molecule is Cc1ccc(C(C)NOC(=O)CC(O)CO)cc1. The number of aliphatic hydroxyl groups is 2. The van der Waals surface area contributed by atoms with Gasteiger partial charge in [-0.3, -0.25) is 4.79 Å². The number of rotatable bonds is 6. The second kappa shape index (κ2) is 7.10. The molecule has 1 aromatic rings. The fraction of sp³-hybridized carbons (Fsp3) is 0.462. The van der Waals surface area contributed by atoms with Crippen molar-refractivity contribution in [1.29, 1.82) is 0 Å². The molecule has 2 unspecified atom stereocenters. The number of aryl methyl sites for hydroxylation is 1. The van der Waals surface area contributed by atoms with E-state index in [2.05, 4.69) is 5.48 Å². The first-order valence-corrected chi connectivity index (χ1v) is 5.83. The number of hydrogen-bond donors (Lipinski definition) is 3. The highest BCUT2D eigenvalue weighted by Crippen LogP contribution is 2.12. The standard InChI is InChI=1S/C13H19NO4/c1-9-3-5-11(6-4-9)10(2)14-18-13(17)7-12(16)8-15/h3-6,10,12,14-16H,7-8H2,1-2H3. The molecule has 1 rings (SSSR count). The summed E-state index contributed by atoms with van der Waals surface area (Å²) in [5, 5.41) is 17.6. The largest absolute Gasteiger partial charge is 0.394 e. The maximum Gasteiger partial charge on any atom is 0.327 e. The summed E-state index contributed by atoms with van der Waals surface area (Å²) in [5.74, 6) is -0.601. The van der Waals surface area contributed by atoms with Crippen LogP contribution in [0.5, 0.6) is 0 Å². The molecule has 18 heavy (non-hydrogen) atoms. The van der Waals surface area contributed by atoms with E-state index in [-0.39, 0.29) is 12.5 Å². The van der Waals surface area contributed by atoms with Crippen LogP contribution in [0.2, 0.25) is 0 Å². The highest BCUT2D eigenvalue weighted by atomic mass is 16.7. The van der Waals surface area contributed by atoms with Crippen LogP contribution >= 0.6 is 0 Å². The minimum Gasteiger partial charge on any atom is -0.394 e. The van der Waals surface area contributed by atoms with Crippen molar-refractivity contribution in [3.05, 3.63) is 35.4 Å². The van der Waals surface area contributed by atoms with Gasteiger partial charge in [0.15, 0.2) is 0 Å². The summed E-state index contributed by atoms with van der Waals surface area (Å²) in [6, 6.07) is 7.71. The van der Waals surface area contributed by atoms with Gasteiger partial charge in [-0.15, -0.1) is 5.48 Å². The van der Waals surface area contributed by atoms with Gasteiger partial charge in [-0.05, 0) is 19.4 Å². The van der Waals surface area contributed by atoms with Crippen molar-refractivity contribution in [3.63, 3.8) is 0 Å². The van der Waals surface area contributed by atoms with Gasteiger partial charge in [0.2, 0.25) is 0 Å². The zero-order valence-corrected chi connectivity index (χ0v) is 10.6. The van der Waals surface area contributed by atoms with Gasteiger partial charge in [0, 0.05) is 0 Å². The fourth-order valence-corrected chi connectivity index (χ4v) is 1.38. The molecule has 1 aromatic carbocycles. The zero-order valence-electron chi connectivity index (χ0n) is 10.6. The van der Waals surface area contributed by atoms with Crippen molar-refractivity contribution in [2.24, 2.45) is 0 Å². The molecule has 2 atom stereocenters. The van der Waals surface area contributed by atoms with Crippen molar-refractivity contribution in [3.8, 4) is 0 Å². The van der Waals surface area contributed by atoms with E-state index in [0.29, 0.717) is 0 Å². The average molecular weight is 253 g/mol. The van der Waals surface area contributed by atoms with Crippen molar-refractivity contribution in [2.45, 2.75) is 32.4 Å². The normalized spacial score (nSPS) is 14.0. The molecule has 0 spiro atoms. The second-order valence-electron chi connectivity index (χ2n) is 4.26. The van der Waals surface area contributed by atoms with Crippen LogP contribution in [0, 0.1) is 6.92 Å². The van der Waals surface area contributed by atoms with Gasteiger partial charge in [0.05, 0.1) is 25.2 Å². The second-order valence-corrected chi connectivity index (χ2v) is 4.26. The molecule has 0 amide bonds. The summed E-state index contributed by atoms with van der Waals surface area (Å²) < 4.78 is 0. The summed E-state index contributed by atoms with van der Waals surface area (Å²) in [7, 11) is 0. The van der Waals surface area contributed by atoms with Gasteiger partial charge in [-0.2, -0.15) is 0 Å². The summed E-state index contributed by atoms with van der Waals surface area (Å²) in [4.78, 5) is 16.0. The molecule has 0 saturated carbocycles. The fourth-order valence-electron chi connectivity index (χ4n) is 1.38. The van der Waals surface area contributed by atoms with Crippen LogP contribution in [0.1, 0.15) is 30.5 Å². The number of nitrogens with one attached hydrogen (secondary N) is 1. The van der Waals surface area contributed by atoms with Crippen LogP contribution in [-0.2, 0) is 9.63 Å². The first kappa shape index (κ1) is 14.6. The Morgan fingerprint density at radius 1 is 1.39 bits per heavy atom. The predicted octanol–water partition coefficient (Wildman–Crippen LogP) is 0.847. The third-order valence-corrected chi connectivity index (χ3v) is 2.54. The minimum atomic E-state index is -1.08. The Morgan fingerprint density at radius 2 is 2.00 bits per heavy atom. The van der Waals surface area contributed by atoms with Crippen LogP contribution in [0.4, 0.5) is 0 Å². The van der Waals surface area contributed by atoms with Crippen LogP contribution in [0.3, 0.4) is 0 Å². The highest BCUT2D eigenvalue weighted by Gasteiger charge is 2.13. The maximum absolute atomic E-state index is 11.2. The van der Waals surface area contributed by atoms with Crippen molar-refractivity contribution in [1.82, 2.24) is 5.48 Å². The van der Waals surface area contributed by atoms with E-state index in [1.807, 2.05) is 38.1 Å². The number of carbonyl (C=O) groups is 1. The van der Waals surface area contributed by atoms with E-state index in [9.17, 15) is 4.79 Å².